The highest BCUT2D eigenvalue weighted by Crippen LogP contribution is 2.15. The summed E-state index contributed by atoms with van der Waals surface area (Å²) in [5.74, 6) is 0.478. The first-order chi connectivity index (χ1) is 8.25. The Kier molecular flexibility index (Phi) is 4.34. The highest BCUT2D eigenvalue weighted by atomic mass is 35.5. The number of ether oxygens (including phenoxy) is 1. The number of amides is 1. The molecule has 1 fully saturated rings. The fourth-order valence-electron chi connectivity index (χ4n) is 1.81. The summed E-state index contributed by atoms with van der Waals surface area (Å²) in [6.45, 7) is 2.34. The lowest BCUT2D eigenvalue weighted by Crippen LogP contribution is -2.26. The van der Waals surface area contributed by atoms with Crippen LogP contribution in [-0.2, 0) is 4.74 Å². The summed E-state index contributed by atoms with van der Waals surface area (Å²) >= 11 is 5.65. The Morgan fingerprint density at radius 2 is 2.47 bits per heavy atom. The van der Waals surface area contributed by atoms with E-state index < -0.39 is 0 Å². The maximum atomic E-state index is 11.7. The Labute approximate surface area is 105 Å². The Hall–Kier alpha value is -1.13. The van der Waals surface area contributed by atoms with Gasteiger partial charge in [-0.1, -0.05) is 11.6 Å². The van der Waals surface area contributed by atoms with Crippen LogP contribution in [0.2, 0.25) is 5.15 Å². The average molecular weight is 255 g/mol. The van der Waals surface area contributed by atoms with Crippen LogP contribution in [-0.4, -0.2) is 30.6 Å². The molecule has 1 aromatic heterocycles. The van der Waals surface area contributed by atoms with Crippen molar-refractivity contribution in [1.29, 1.82) is 0 Å². The van der Waals surface area contributed by atoms with E-state index in [-0.39, 0.29) is 5.91 Å². The first-order valence-corrected chi connectivity index (χ1v) is 6.11. The van der Waals surface area contributed by atoms with Crippen LogP contribution in [0.15, 0.2) is 18.3 Å². The largest absolute Gasteiger partial charge is 0.381 e. The van der Waals surface area contributed by atoms with Crippen molar-refractivity contribution in [1.82, 2.24) is 10.3 Å². The lowest BCUT2D eigenvalue weighted by molar-refractivity contribution is 0.0950. The molecule has 0 saturated carbocycles. The minimum atomic E-state index is -0.104. The standard InChI is InChI=1S/C12H15ClN2O2/c13-11-2-1-10(7-15-11)12(16)14-5-3-9-4-6-17-8-9/h1-2,7,9H,3-6,8H2,(H,14,16). The van der Waals surface area contributed by atoms with Crippen LogP contribution in [0.25, 0.3) is 0 Å². The Balaban J connectivity index is 1.75. The predicted octanol–water partition coefficient (Wildman–Crippen LogP) is 1.89. The third kappa shape index (κ3) is 3.68. The first-order valence-electron chi connectivity index (χ1n) is 5.73. The normalized spacial score (nSPS) is 19.2. The Morgan fingerprint density at radius 1 is 1.59 bits per heavy atom. The lowest BCUT2D eigenvalue weighted by Gasteiger charge is -2.08. The van der Waals surface area contributed by atoms with Gasteiger partial charge in [-0.05, 0) is 30.9 Å². The number of pyridine rings is 1. The van der Waals surface area contributed by atoms with E-state index in [1.54, 1.807) is 12.1 Å². The molecule has 1 aromatic rings. The van der Waals surface area contributed by atoms with Gasteiger partial charge in [-0.25, -0.2) is 4.98 Å². The molecule has 1 N–H and O–H groups in total. The number of carbonyl (C=O) groups excluding carboxylic acids is 1. The second kappa shape index (κ2) is 5.98. The number of aromatic nitrogens is 1. The van der Waals surface area contributed by atoms with Crippen LogP contribution in [0, 0.1) is 5.92 Å². The topological polar surface area (TPSA) is 51.2 Å². The van der Waals surface area contributed by atoms with Gasteiger partial charge in [-0.15, -0.1) is 0 Å². The predicted molar refractivity (Wildman–Crippen MR) is 65.1 cm³/mol. The molecule has 1 unspecified atom stereocenters. The van der Waals surface area contributed by atoms with E-state index in [1.807, 2.05) is 0 Å². The van der Waals surface area contributed by atoms with Gasteiger partial charge in [0.1, 0.15) is 5.15 Å². The summed E-state index contributed by atoms with van der Waals surface area (Å²) in [4.78, 5) is 15.6. The molecule has 1 aliphatic rings. The summed E-state index contributed by atoms with van der Waals surface area (Å²) in [7, 11) is 0. The molecular formula is C12H15ClN2O2. The van der Waals surface area contributed by atoms with Gasteiger partial charge in [-0.2, -0.15) is 0 Å². The second-order valence-electron chi connectivity index (χ2n) is 4.14. The van der Waals surface area contributed by atoms with Gasteiger partial charge in [0, 0.05) is 26.0 Å². The molecule has 5 heteroatoms. The van der Waals surface area contributed by atoms with Gasteiger partial charge in [0.25, 0.3) is 5.91 Å². The third-order valence-electron chi connectivity index (χ3n) is 2.85. The van der Waals surface area contributed by atoms with Crippen molar-refractivity contribution < 1.29 is 9.53 Å². The summed E-state index contributed by atoms with van der Waals surface area (Å²) in [6.07, 6.45) is 3.54. The smallest absolute Gasteiger partial charge is 0.252 e. The van der Waals surface area contributed by atoms with Crippen molar-refractivity contribution in [3.05, 3.63) is 29.0 Å². The molecule has 0 aliphatic carbocycles. The molecule has 0 aromatic carbocycles. The molecule has 1 saturated heterocycles. The molecule has 1 aliphatic heterocycles. The van der Waals surface area contributed by atoms with Crippen LogP contribution in [0.4, 0.5) is 0 Å². The van der Waals surface area contributed by atoms with Crippen molar-refractivity contribution in [3.63, 3.8) is 0 Å². The van der Waals surface area contributed by atoms with Crippen molar-refractivity contribution in [2.75, 3.05) is 19.8 Å². The zero-order chi connectivity index (χ0) is 12.1. The van der Waals surface area contributed by atoms with Crippen LogP contribution in [0.1, 0.15) is 23.2 Å². The van der Waals surface area contributed by atoms with Gasteiger partial charge in [0.15, 0.2) is 0 Å². The van der Waals surface area contributed by atoms with Crippen LogP contribution >= 0.6 is 11.6 Å². The molecule has 17 heavy (non-hydrogen) atoms. The van der Waals surface area contributed by atoms with Gasteiger partial charge in [0.05, 0.1) is 5.56 Å². The lowest BCUT2D eigenvalue weighted by atomic mass is 10.1. The zero-order valence-electron chi connectivity index (χ0n) is 9.49. The van der Waals surface area contributed by atoms with E-state index in [4.69, 9.17) is 16.3 Å². The van der Waals surface area contributed by atoms with E-state index in [0.29, 0.717) is 23.2 Å². The molecule has 2 rings (SSSR count). The summed E-state index contributed by atoms with van der Waals surface area (Å²) < 4.78 is 5.28. The first kappa shape index (κ1) is 12.3. The summed E-state index contributed by atoms with van der Waals surface area (Å²) in [5.41, 5.74) is 0.539. The minimum Gasteiger partial charge on any atom is -0.381 e. The number of hydrogen-bond donors (Lipinski definition) is 1. The van der Waals surface area contributed by atoms with E-state index in [2.05, 4.69) is 10.3 Å². The number of nitrogens with zero attached hydrogens (tertiary/aromatic N) is 1. The number of carbonyl (C=O) groups is 1. The SMILES string of the molecule is O=C(NCCC1CCOC1)c1ccc(Cl)nc1. The fourth-order valence-corrected chi connectivity index (χ4v) is 1.92. The molecule has 0 spiro atoms. The van der Waals surface area contributed by atoms with Gasteiger partial charge in [0.2, 0.25) is 0 Å². The highest BCUT2D eigenvalue weighted by Gasteiger charge is 2.15. The Bertz CT molecular complexity index is 375. The molecule has 1 atom stereocenters. The van der Waals surface area contributed by atoms with Crippen molar-refractivity contribution in [3.8, 4) is 0 Å². The number of nitrogens with one attached hydrogen (secondary N) is 1. The molecule has 92 valence electrons. The number of rotatable bonds is 4. The van der Waals surface area contributed by atoms with E-state index in [0.717, 1.165) is 26.1 Å². The average Bonchev–Trinajstić information content (AvgIpc) is 2.83. The van der Waals surface area contributed by atoms with Crippen LogP contribution in [0.3, 0.4) is 0 Å². The molecule has 4 nitrogen and oxygen atoms in total. The third-order valence-corrected chi connectivity index (χ3v) is 3.08. The van der Waals surface area contributed by atoms with Crippen LogP contribution < -0.4 is 5.32 Å². The van der Waals surface area contributed by atoms with E-state index in [1.165, 1.54) is 6.20 Å². The quantitative estimate of drug-likeness (QED) is 0.835. The molecular weight excluding hydrogens is 240 g/mol. The molecule has 0 radical (unpaired) electrons. The van der Waals surface area contributed by atoms with E-state index >= 15 is 0 Å². The maximum absolute atomic E-state index is 11.7. The van der Waals surface area contributed by atoms with Gasteiger partial charge in [-0.3, -0.25) is 4.79 Å². The molecule has 2 heterocycles. The summed E-state index contributed by atoms with van der Waals surface area (Å²) in [6, 6.07) is 3.28. The van der Waals surface area contributed by atoms with Crippen molar-refractivity contribution in [2.45, 2.75) is 12.8 Å². The Morgan fingerprint density at radius 3 is 3.12 bits per heavy atom. The number of halogens is 1. The summed E-state index contributed by atoms with van der Waals surface area (Å²) in [5, 5.41) is 3.26. The van der Waals surface area contributed by atoms with Crippen molar-refractivity contribution in [2.24, 2.45) is 5.92 Å². The van der Waals surface area contributed by atoms with Crippen molar-refractivity contribution >= 4 is 17.5 Å². The minimum absolute atomic E-state index is 0.104. The second-order valence-corrected chi connectivity index (χ2v) is 4.53. The molecule has 0 bridgehead atoms. The zero-order valence-corrected chi connectivity index (χ0v) is 10.2. The maximum Gasteiger partial charge on any atom is 0.252 e. The highest BCUT2D eigenvalue weighted by molar-refractivity contribution is 6.29. The van der Waals surface area contributed by atoms with Crippen LogP contribution in [0.5, 0.6) is 0 Å². The fraction of sp³-hybridized carbons (Fsp3) is 0.500. The van der Waals surface area contributed by atoms with E-state index in [9.17, 15) is 4.79 Å². The monoisotopic (exact) mass is 254 g/mol. The van der Waals surface area contributed by atoms with Gasteiger partial charge < -0.3 is 10.1 Å². The number of hydrogen-bond acceptors (Lipinski definition) is 3. The van der Waals surface area contributed by atoms with Gasteiger partial charge >= 0.3 is 0 Å². The molecule has 1 amide bonds.